The molecule has 0 saturated carbocycles. The number of aromatic nitrogens is 1. The van der Waals surface area contributed by atoms with E-state index in [1.165, 1.54) is 0 Å². The molecule has 0 spiro atoms. The minimum atomic E-state index is 0.238. The number of aromatic hydroxyl groups is 1. The van der Waals surface area contributed by atoms with E-state index in [2.05, 4.69) is 9.98 Å². The fraction of sp³-hybridized carbons (Fsp3) is 0. The second-order valence-electron chi connectivity index (χ2n) is 3.18. The van der Waals surface area contributed by atoms with E-state index >= 15 is 0 Å². The van der Waals surface area contributed by atoms with E-state index in [9.17, 15) is 0 Å². The minimum absolute atomic E-state index is 0.238. The molecule has 3 nitrogen and oxygen atoms in total. The molecule has 0 bridgehead atoms. The van der Waals surface area contributed by atoms with E-state index in [1.807, 2.05) is 0 Å². The Balaban J connectivity index is 2.15. The summed E-state index contributed by atoms with van der Waals surface area (Å²) in [5.74, 6) is 0.833. The summed E-state index contributed by atoms with van der Waals surface area (Å²) in [5, 5.41) is 9.69. The van der Waals surface area contributed by atoms with Crippen molar-refractivity contribution in [1.29, 1.82) is 0 Å². The molecule has 0 aliphatic carbocycles. The van der Waals surface area contributed by atoms with Crippen LogP contribution in [0.4, 0.5) is 5.82 Å². The second kappa shape index (κ2) is 4.77. The second-order valence-corrected chi connectivity index (χ2v) is 3.62. The van der Waals surface area contributed by atoms with Crippen molar-refractivity contribution < 1.29 is 5.11 Å². The highest BCUT2D eigenvalue weighted by molar-refractivity contribution is 6.30. The summed E-state index contributed by atoms with van der Waals surface area (Å²) in [4.78, 5) is 8.20. The van der Waals surface area contributed by atoms with E-state index in [0.717, 1.165) is 5.56 Å². The van der Waals surface area contributed by atoms with Crippen LogP contribution in [0.15, 0.2) is 47.6 Å². The zero-order valence-corrected chi connectivity index (χ0v) is 9.09. The Hall–Kier alpha value is -1.87. The molecule has 0 amide bonds. The van der Waals surface area contributed by atoms with E-state index in [4.69, 9.17) is 16.7 Å². The van der Waals surface area contributed by atoms with E-state index < -0.39 is 0 Å². The molecule has 2 aromatic rings. The topological polar surface area (TPSA) is 45.5 Å². The molecule has 0 atom stereocenters. The van der Waals surface area contributed by atoms with Gasteiger partial charge in [-0.3, -0.25) is 0 Å². The lowest BCUT2D eigenvalue weighted by atomic mass is 10.2. The fourth-order valence-electron chi connectivity index (χ4n) is 1.15. The maximum absolute atomic E-state index is 9.10. The molecule has 1 heterocycles. The molecule has 4 heteroatoms. The standard InChI is InChI=1S/C12H9ClN2O/c13-10-3-6-12(15-8-10)14-7-9-1-4-11(16)5-2-9/h1-8,16H. The van der Waals surface area contributed by atoms with Gasteiger partial charge in [0.2, 0.25) is 0 Å². The third-order valence-corrected chi connectivity index (χ3v) is 2.17. The Morgan fingerprint density at radius 2 is 1.88 bits per heavy atom. The third kappa shape index (κ3) is 2.81. The van der Waals surface area contributed by atoms with Crippen LogP contribution in [0.1, 0.15) is 5.56 Å². The predicted molar refractivity (Wildman–Crippen MR) is 64.6 cm³/mol. The molecule has 0 saturated heterocycles. The van der Waals surface area contributed by atoms with Crippen LogP contribution in [0.25, 0.3) is 0 Å². The van der Waals surface area contributed by atoms with E-state index in [0.29, 0.717) is 10.8 Å². The summed E-state index contributed by atoms with van der Waals surface area (Å²) in [6.07, 6.45) is 3.22. The van der Waals surface area contributed by atoms with Gasteiger partial charge in [-0.1, -0.05) is 11.6 Å². The van der Waals surface area contributed by atoms with Crippen LogP contribution in [0.5, 0.6) is 5.75 Å². The van der Waals surface area contributed by atoms with Crippen LogP contribution in [0.3, 0.4) is 0 Å². The largest absolute Gasteiger partial charge is 0.508 e. The normalized spacial score (nSPS) is 10.8. The Morgan fingerprint density at radius 3 is 2.50 bits per heavy atom. The maximum Gasteiger partial charge on any atom is 0.151 e. The predicted octanol–water partition coefficient (Wildman–Crippen LogP) is 3.19. The first kappa shape index (κ1) is 10.6. The van der Waals surface area contributed by atoms with Crippen LogP contribution in [0.2, 0.25) is 5.02 Å². The quantitative estimate of drug-likeness (QED) is 0.809. The highest BCUT2D eigenvalue weighted by Crippen LogP contribution is 2.13. The van der Waals surface area contributed by atoms with Crippen molar-refractivity contribution in [3.63, 3.8) is 0 Å². The molecular weight excluding hydrogens is 224 g/mol. The maximum atomic E-state index is 9.10. The highest BCUT2D eigenvalue weighted by Gasteiger charge is 1.91. The smallest absolute Gasteiger partial charge is 0.151 e. The Morgan fingerprint density at radius 1 is 1.12 bits per heavy atom. The van der Waals surface area contributed by atoms with Crippen molar-refractivity contribution in [3.05, 3.63) is 53.2 Å². The van der Waals surface area contributed by atoms with Gasteiger partial charge in [-0.15, -0.1) is 0 Å². The number of benzene rings is 1. The number of nitrogens with zero attached hydrogens (tertiary/aromatic N) is 2. The molecule has 0 radical (unpaired) electrons. The molecule has 0 unspecified atom stereocenters. The van der Waals surface area contributed by atoms with Gasteiger partial charge in [0, 0.05) is 12.4 Å². The fourth-order valence-corrected chi connectivity index (χ4v) is 1.26. The van der Waals surface area contributed by atoms with Crippen molar-refractivity contribution in [2.24, 2.45) is 4.99 Å². The summed E-state index contributed by atoms with van der Waals surface area (Å²) in [6, 6.07) is 10.2. The zero-order valence-electron chi connectivity index (χ0n) is 8.34. The first-order valence-corrected chi connectivity index (χ1v) is 5.06. The van der Waals surface area contributed by atoms with Crippen LogP contribution < -0.4 is 0 Å². The number of hydrogen-bond donors (Lipinski definition) is 1. The van der Waals surface area contributed by atoms with Gasteiger partial charge in [-0.05, 0) is 42.0 Å². The molecule has 80 valence electrons. The molecule has 1 aromatic heterocycles. The number of hydrogen-bond acceptors (Lipinski definition) is 3. The summed E-state index contributed by atoms with van der Waals surface area (Å²) < 4.78 is 0. The van der Waals surface area contributed by atoms with Gasteiger partial charge in [0.15, 0.2) is 5.82 Å². The van der Waals surface area contributed by atoms with Gasteiger partial charge >= 0.3 is 0 Å². The van der Waals surface area contributed by atoms with Crippen molar-refractivity contribution >= 4 is 23.6 Å². The molecule has 1 aromatic carbocycles. The minimum Gasteiger partial charge on any atom is -0.508 e. The monoisotopic (exact) mass is 232 g/mol. The summed E-state index contributed by atoms with van der Waals surface area (Å²) in [6.45, 7) is 0. The number of phenols is 1. The van der Waals surface area contributed by atoms with Crippen LogP contribution in [-0.2, 0) is 0 Å². The zero-order chi connectivity index (χ0) is 11.4. The van der Waals surface area contributed by atoms with Crippen LogP contribution >= 0.6 is 11.6 Å². The summed E-state index contributed by atoms with van der Waals surface area (Å²) >= 11 is 5.70. The number of phenolic OH excluding ortho intramolecular Hbond substituents is 1. The van der Waals surface area contributed by atoms with Gasteiger partial charge in [0.25, 0.3) is 0 Å². The SMILES string of the molecule is Oc1ccc(C=Nc2ccc(Cl)cn2)cc1. The molecule has 2 rings (SSSR count). The number of aliphatic imine (C=N–C) groups is 1. The Labute approximate surface area is 98.1 Å². The van der Waals surface area contributed by atoms with Crippen molar-refractivity contribution in [1.82, 2.24) is 4.98 Å². The Kier molecular flexibility index (Phi) is 3.17. The average Bonchev–Trinajstić information content (AvgIpc) is 2.30. The van der Waals surface area contributed by atoms with Gasteiger partial charge in [-0.2, -0.15) is 0 Å². The number of rotatable bonds is 2. The third-order valence-electron chi connectivity index (χ3n) is 1.95. The van der Waals surface area contributed by atoms with E-state index in [-0.39, 0.29) is 5.75 Å². The summed E-state index contributed by atoms with van der Waals surface area (Å²) in [5.41, 5.74) is 0.898. The lowest BCUT2D eigenvalue weighted by Gasteiger charge is -1.94. The Bertz CT molecular complexity index is 444. The van der Waals surface area contributed by atoms with Crippen molar-refractivity contribution in [3.8, 4) is 5.75 Å². The molecular formula is C12H9ClN2O. The first-order chi connectivity index (χ1) is 7.74. The van der Waals surface area contributed by atoms with Crippen molar-refractivity contribution in [2.45, 2.75) is 0 Å². The van der Waals surface area contributed by atoms with Gasteiger partial charge in [-0.25, -0.2) is 9.98 Å². The molecule has 1 N–H and O–H groups in total. The summed E-state index contributed by atoms with van der Waals surface area (Å²) in [7, 11) is 0. The molecule has 0 fully saturated rings. The lowest BCUT2D eigenvalue weighted by molar-refractivity contribution is 0.475. The number of pyridine rings is 1. The number of halogens is 1. The molecule has 0 aliphatic heterocycles. The van der Waals surface area contributed by atoms with Gasteiger partial charge in [0.05, 0.1) is 5.02 Å². The van der Waals surface area contributed by atoms with E-state index in [1.54, 1.807) is 48.8 Å². The first-order valence-electron chi connectivity index (χ1n) is 4.69. The van der Waals surface area contributed by atoms with Crippen LogP contribution in [-0.4, -0.2) is 16.3 Å². The molecule has 0 aliphatic rings. The van der Waals surface area contributed by atoms with Crippen molar-refractivity contribution in [2.75, 3.05) is 0 Å². The van der Waals surface area contributed by atoms with Crippen LogP contribution in [0, 0.1) is 0 Å². The average molecular weight is 233 g/mol. The molecule has 16 heavy (non-hydrogen) atoms. The highest BCUT2D eigenvalue weighted by atomic mass is 35.5. The van der Waals surface area contributed by atoms with Gasteiger partial charge in [0.1, 0.15) is 5.75 Å². The van der Waals surface area contributed by atoms with Gasteiger partial charge < -0.3 is 5.11 Å². The lowest BCUT2D eigenvalue weighted by Crippen LogP contribution is -1.80.